The number of rotatable bonds is 8. The molecule has 0 heterocycles. The second kappa shape index (κ2) is 7.04. The minimum atomic E-state index is -0.145. The van der Waals surface area contributed by atoms with Crippen LogP contribution in [0.1, 0.15) is 31.7 Å². The number of anilines is 1. The fourth-order valence-electron chi connectivity index (χ4n) is 2.43. The first-order chi connectivity index (χ1) is 9.65. The van der Waals surface area contributed by atoms with Crippen molar-refractivity contribution >= 4 is 5.69 Å². The Balaban J connectivity index is 2.10. The van der Waals surface area contributed by atoms with Crippen molar-refractivity contribution in [1.82, 2.24) is 0 Å². The zero-order valence-electron chi connectivity index (χ0n) is 12.4. The van der Waals surface area contributed by atoms with Gasteiger partial charge in [0.05, 0.1) is 12.3 Å². The third-order valence-corrected chi connectivity index (χ3v) is 3.87. The summed E-state index contributed by atoms with van der Waals surface area (Å²) in [6, 6.07) is 6.10. The molecule has 0 aromatic heterocycles. The molecule has 1 fully saturated rings. The van der Waals surface area contributed by atoms with E-state index in [1.54, 1.807) is 13.2 Å². The lowest BCUT2D eigenvalue weighted by Crippen LogP contribution is -2.30. The molecule has 1 atom stereocenters. The van der Waals surface area contributed by atoms with Crippen LogP contribution >= 0.6 is 0 Å². The summed E-state index contributed by atoms with van der Waals surface area (Å²) in [4.78, 5) is 2.13. The van der Waals surface area contributed by atoms with Crippen molar-refractivity contribution in [3.05, 3.63) is 29.6 Å². The molecule has 3 nitrogen and oxygen atoms in total. The maximum atomic E-state index is 14.3. The van der Waals surface area contributed by atoms with Crippen LogP contribution in [-0.4, -0.2) is 32.3 Å². The van der Waals surface area contributed by atoms with Gasteiger partial charge < -0.3 is 15.4 Å². The zero-order valence-corrected chi connectivity index (χ0v) is 12.4. The van der Waals surface area contributed by atoms with Gasteiger partial charge in [-0.3, -0.25) is 0 Å². The third-order valence-electron chi connectivity index (χ3n) is 3.87. The first kappa shape index (κ1) is 15.3. The van der Waals surface area contributed by atoms with Gasteiger partial charge in [0.25, 0.3) is 0 Å². The molecule has 1 saturated carbocycles. The Kier molecular flexibility index (Phi) is 5.38. The monoisotopic (exact) mass is 280 g/mol. The van der Waals surface area contributed by atoms with Crippen LogP contribution in [-0.2, 0) is 11.2 Å². The van der Waals surface area contributed by atoms with Crippen molar-refractivity contribution in [2.45, 2.75) is 44.7 Å². The first-order valence-corrected chi connectivity index (χ1v) is 7.45. The molecule has 1 aliphatic rings. The van der Waals surface area contributed by atoms with Crippen LogP contribution in [0, 0.1) is 5.82 Å². The van der Waals surface area contributed by atoms with Gasteiger partial charge in [-0.1, -0.05) is 13.0 Å². The largest absolute Gasteiger partial charge is 0.383 e. The van der Waals surface area contributed by atoms with Gasteiger partial charge in [0.1, 0.15) is 5.82 Å². The molecule has 0 radical (unpaired) electrons. The van der Waals surface area contributed by atoms with E-state index in [4.69, 9.17) is 10.5 Å². The number of halogens is 1. The van der Waals surface area contributed by atoms with Gasteiger partial charge in [-0.05, 0) is 43.4 Å². The topological polar surface area (TPSA) is 38.5 Å². The summed E-state index contributed by atoms with van der Waals surface area (Å²) in [5.41, 5.74) is 7.60. The van der Waals surface area contributed by atoms with Gasteiger partial charge in [-0.25, -0.2) is 4.39 Å². The van der Waals surface area contributed by atoms with E-state index in [0.29, 0.717) is 18.3 Å². The quantitative estimate of drug-likeness (QED) is 0.795. The summed E-state index contributed by atoms with van der Waals surface area (Å²) in [5.74, 6) is -0.145. The smallest absolute Gasteiger partial charge is 0.146 e. The number of benzene rings is 1. The highest BCUT2D eigenvalue weighted by atomic mass is 19.1. The molecule has 1 unspecified atom stereocenters. The lowest BCUT2D eigenvalue weighted by atomic mass is 10.0. The molecule has 0 spiro atoms. The number of hydrogen-bond acceptors (Lipinski definition) is 3. The second-order valence-corrected chi connectivity index (χ2v) is 5.58. The number of methoxy groups -OCH3 is 1. The van der Waals surface area contributed by atoms with Gasteiger partial charge in [-0.2, -0.15) is 0 Å². The zero-order chi connectivity index (χ0) is 14.5. The highest BCUT2D eigenvalue weighted by Crippen LogP contribution is 2.33. The van der Waals surface area contributed by atoms with Gasteiger partial charge in [-0.15, -0.1) is 0 Å². The lowest BCUT2D eigenvalue weighted by Gasteiger charge is -2.25. The molecule has 0 aliphatic heterocycles. The fraction of sp³-hybridized carbons (Fsp3) is 0.625. The number of nitrogens with zero attached hydrogens (tertiary/aromatic N) is 1. The molecule has 0 saturated heterocycles. The Morgan fingerprint density at radius 2 is 2.20 bits per heavy atom. The molecule has 112 valence electrons. The molecular formula is C16H25FN2O. The van der Waals surface area contributed by atoms with Crippen LogP contribution in [0.2, 0.25) is 0 Å². The van der Waals surface area contributed by atoms with E-state index in [9.17, 15) is 4.39 Å². The van der Waals surface area contributed by atoms with Crippen LogP contribution in [0.3, 0.4) is 0 Å². The Labute approximate surface area is 120 Å². The summed E-state index contributed by atoms with van der Waals surface area (Å²) < 4.78 is 19.5. The standard InChI is InChI=1S/C16H25FN2O/c1-3-13(18)10-12-4-7-16(15(17)11-12)19(8-9-20-2)14-5-6-14/h4,7,11,13-14H,3,5-6,8-10,18H2,1-2H3. The van der Waals surface area contributed by atoms with Crippen LogP contribution < -0.4 is 10.6 Å². The Bertz CT molecular complexity index is 434. The molecule has 20 heavy (non-hydrogen) atoms. The molecule has 2 N–H and O–H groups in total. The van der Waals surface area contributed by atoms with E-state index in [2.05, 4.69) is 11.8 Å². The van der Waals surface area contributed by atoms with Gasteiger partial charge >= 0.3 is 0 Å². The van der Waals surface area contributed by atoms with Crippen molar-refractivity contribution in [2.75, 3.05) is 25.2 Å². The van der Waals surface area contributed by atoms with Crippen molar-refractivity contribution in [1.29, 1.82) is 0 Å². The Hall–Kier alpha value is -1.13. The lowest BCUT2D eigenvalue weighted by molar-refractivity contribution is 0.204. The average molecular weight is 280 g/mol. The molecule has 0 amide bonds. The van der Waals surface area contributed by atoms with Crippen molar-refractivity contribution < 1.29 is 9.13 Å². The normalized spacial score (nSPS) is 16.2. The number of ether oxygens (including phenoxy) is 1. The van der Waals surface area contributed by atoms with Crippen LogP contribution in [0.4, 0.5) is 10.1 Å². The van der Waals surface area contributed by atoms with Gasteiger partial charge in [0, 0.05) is 25.7 Å². The van der Waals surface area contributed by atoms with Gasteiger partial charge in [0.2, 0.25) is 0 Å². The van der Waals surface area contributed by atoms with Crippen molar-refractivity contribution in [2.24, 2.45) is 5.73 Å². The van der Waals surface area contributed by atoms with Crippen LogP contribution in [0.15, 0.2) is 18.2 Å². The van der Waals surface area contributed by atoms with E-state index in [1.807, 2.05) is 12.1 Å². The van der Waals surface area contributed by atoms with E-state index < -0.39 is 0 Å². The Morgan fingerprint density at radius 3 is 2.75 bits per heavy atom. The second-order valence-electron chi connectivity index (χ2n) is 5.58. The summed E-state index contributed by atoms with van der Waals surface area (Å²) in [6.45, 7) is 3.42. The van der Waals surface area contributed by atoms with E-state index in [0.717, 1.165) is 37.8 Å². The minimum Gasteiger partial charge on any atom is -0.383 e. The summed E-state index contributed by atoms with van der Waals surface area (Å²) in [6.07, 6.45) is 3.93. The van der Waals surface area contributed by atoms with Crippen molar-refractivity contribution in [3.8, 4) is 0 Å². The fourth-order valence-corrected chi connectivity index (χ4v) is 2.43. The predicted octanol–water partition coefficient (Wildman–Crippen LogP) is 2.72. The molecule has 0 bridgehead atoms. The molecule has 2 rings (SSSR count). The van der Waals surface area contributed by atoms with E-state index >= 15 is 0 Å². The number of hydrogen-bond donors (Lipinski definition) is 1. The highest BCUT2D eigenvalue weighted by molar-refractivity contribution is 5.51. The summed E-state index contributed by atoms with van der Waals surface area (Å²) in [7, 11) is 1.68. The molecule has 4 heteroatoms. The van der Waals surface area contributed by atoms with Crippen LogP contribution in [0.25, 0.3) is 0 Å². The SMILES string of the molecule is CCC(N)Cc1ccc(N(CCOC)C2CC2)c(F)c1. The Morgan fingerprint density at radius 1 is 1.45 bits per heavy atom. The van der Waals surface area contributed by atoms with Crippen molar-refractivity contribution in [3.63, 3.8) is 0 Å². The van der Waals surface area contributed by atoms with Crippen LogP contribution in [0.5, 0.6) is 0 Å². The predicted molar refractivity (Wildman–Crippen MR) is 80.6 cm³/mol. The average Bonchev–Trinajstić information content (AvgIpc) is 3.25. The molecular weight excluding hydrogens is 255 g/mol. The van der Waals surface area contributed by atoms with E-state index in [-0.39, 0.29) is 11.9 Å². The maximum Gasteiger partial charge on any atom is 0.146 e. The molecule has 1 aliphatic carbocycles. The van der Waals surface area contributed by atoms with Gasteiger partial charge in [0.15, 0.2) is 0 Å². The number of nitrogens with two attached hydrogens (primary N) is 1. The third kappa shape index (κ3) is 3.93. The summed E-state index contributed by atoms with van der Waals surface area (Å²) in [5, 5.41) is 0. The minimum absolute atomic E-state index is 0.105. The molecule has 1 aromatic carbocycles. The van der Waals surface area contributed by atoms with E-state index in [1.165, 1.54) is 0 Å². The summed E-state index contributed by atoms with van der Waals surface area (Å²) >= 11 is 0. The highest BCUT2D eigenvalue weighted by Gasteiger charge is 2.30. The first-order valence-electron chi connectivity index (χ1n) is 7.45. The maximum absolute atomic E-state index is 14.3. The molecule has 1 aromatic rings.